The molecule has 0 aromatic rings. The van der Waals surface area contributed by atoms with Crippen molar-refractivity contribution in [1.29, 1.82) is 0 Å². The molecule has 102 valence electrons. The van der Waals surface area contributed by atoms with E-state index in [0.717, 1.165) is 25.4 Å². The molecule has 0 bridgehead atoms. The van der Waals surface area contributed by atoms with Crippen LogP contribution in [-0.2, 0) is 4.79 Å². The summed E-state index contributed by atoms with van der Waals surface area (Å²) in [6.07, 6.45) is 8.54. The molecule has 3 rings (SSSR count). The van der Waals surface area contributed by atoms with Gasteiger partial charge in [-0.25, -0.2) is 0 Å². The Morgan fingerprint density at radius 1 is 1.28 bits per heavy atom. The van der Waals surface area contributed by atoms with Gasteiger partial charge in [-0.1, -0.05) is 19.8 Å². The van der Waals surface area contributed by atoms with E-state index in [1.807, 2.05) is 0 Å². The third-order valence-electron chi connectivity index (χ3n) is 5.39. The van der Waals surface area contributed by atoms with Crippen LogP contribution in [0.15, 0.2) is 0 Å². The predicted octanol–water partition coefficient (Wildman–Crippen LogP) is 2.07. The molecule has 3 nitrogen and oxygen atoms in total. The van der Waals surface area contributed by atoms with Crippen molar-refractivity contribution >= 4 is 5.91 Å². The first-order valence-corrected chi connectivity index (χ1v) is 7.71. The van der Waals surface area contributed by atoms with E-state index >= 15 is 0 Å². The van der Waals surface area contributed by atoms with Gasteiger partial charge in [0.2, 0.25) is 5.91 Å². The molecular formula is C15H26N2O. The lowest BCUT2D eigenvalue weighted by Gasteiger charge is -2.28. The Morgan fingerprint density at radius 3 is 2.78 bits per heavy atom. The minimum atomic E-state index is 0.330. The Labute approximate surface area is 110 Å². The number of hydrogen-bond acceptors (Lipinski definition) is 2. The Balaban J connectivity index is 1.50. The van der Waals surface area contributed by atoms with E-state index in [2.05, 4.69) is 17.6 Å². The van der Waals surface area contributed by atoms with Gasteiger partial charge in [-0.2, -0.15) is 0 Å². The van der Waals surface area contributed by atoms with Gasteiger partial charge in [-0.05, 0) is 56.5 Å². The highest BCUT2D eigenvalue weighted by molar-refractivity contribution is 5.82. The summed E-state index contributed by atoms with van der Waals surface area (Å²) < 4.78 is 0. The molecule has 1 heterocycles. The highest BCUT2D eigenvalue weighted by Crippen LogP contribution is 2.58. The van der Waals surface area contributed by atoms with Crippen LogP contribution in [0.4, 0.5) is 0 Å². The molecule has 1 saturated heterocycles. The van der Waals surface area contributed by atoms with E-state index in [4.69, 9.17) is 0 Å². The van der Waals surface area contributed by atoms with Crippen molar-refractivity contribution in [2.45, 2.75) is 57.9 Å². The Hall–Kier alpha value is -0.570. The lowest BCUT2D eigenvalue weighted by Crippen LogP contribution is -2.40. The molecule has 2 N–H and O–H groups in total. The van der Waals surface area contributed by atoms with Crippen LogP contribution in [0.2, 0.25) is 0 Å². The van der Waals surface area contributed by atoms with Crippen molar-refractivity contribution in [2.24, 2.45) is 17.3 Å². The highest BCUT2D eigenvalue weighted by Gasteiger charge is 2.57. The van der Waals surface area contributed by atoms with Gasteiger partial charge in [0, 0.05) is 12.0 Å². The molecule has 2 aliphatic carbocycles. The zero-order valence-corrected chi connectivity index (χ0v) is 11.5. The number of carbonyl (C=O) groups is 1. The van der Waals surface area contributed by atoms with Crippen LogP contribution >= 0.6 is 0 Å². The smallest absolute Gasteiger partial charge is 0.223 e. The number of nitrogens with one attached hydrogen (secondary N) is 2. The summed E-state index contributed by atoms with van der Waals surface area (Å²) in [7, 11) is 0. The maximum atomic E-state index is 12.3. The summed E-state index contributed by atoms with van der Waals surface area (Å²) in [6.45, 7) is 4.51. The molecule has 3 fully saturated rings. The minimum absolute atomic E-state index is 0.330. The third-order valence-corrected chi connectivity index (χ3v) is 5.39. The quantitative estimate of drug-likeness (QED) is 0.788. The molecule has 0 radical (unpaired) electrons. The Kier molecular flexibility index (Phi) is 3.35. The second kappa shape index (κ2) is 4.84. The zero-order valence-electron chi connectivity index (χ0n) is 11.5. The van der Waals surface area contributed by atoms with Crippen LogP contribution in [0.5, 0.6) is 0 Å². The fourth-order valence-electron chi connectivity index (χ4n) is 4.06. The van der Waals surface area contributed by atoms with Gasteiger partial charge in [0.15, 0.2) is 0 Å². The minimum Gasteiger partial charge on any atom is -0.353 e. The molecule has 2 saturated carbocycles. The van der Waals surface area contributed by atoms with E-state index in [1.54, 1.807) is 0 Å². The van der Waals surface area contributed by atoms with E-state index in [-0.39, 0.29) is 0 Å². The second-order valence-corrected chi connectivity index (χ2v) is 6.85. The van der Waals surface area contributed by atoms with Gasteiger partial charge in [0.05, 0.1) is 0 Å². The van der Waals surface area contributed by atoms with E-state index in [1.165, 1.54) is 38.5 Å². The van der Waals surface area contributed by atoms with Crippen LogP contribution in [-0.4, -0.2) is 25.0 Å². The molecule has 3 unspecified atom stereocenters. The molecule has 0 aromatic carbocycles. The number of rotatable bonds is 2. The number of hydrogen-bond donors (Lipinski definition) is 2. The van der Waals surface area contributed by atoms with Crippen LogP contribution in [0.25, 0.3) is 0 Å². The normalized spacial score (nSPS) is 38.4. The molecule has 18 heavy (non-hydrogen) atoms. The van der Waals surface area contributed by atoms with Gasteiger partial charge >= 0.3 is 0 Å². The Bertz CT molecular complexity index is 322. The van der Waals surface area contributed by atoms with Crippen molar-refractivity contribution in [2.75, 3.05) is 13.1 Å². The van der Waals surface area contributed by atoms with Crippen LogP contribution < -0.4 is 10.6 Å². The summed E-state index contributed by atoms with van der Waals surface area (Å²) in [5.74, 6) is 1.48. The van der Waals surface area contributed by atoms with Crippen LogP contribution in [0, 0.1) is 17.3 Å². The molecule has 3 aliphatic rings. The second-order valence-electron chi connectivity index (χ2n) is 6.85. The lowest BCUT2D eigenvalue weighted by molar-refractivity contribution is -0.124. The van der Waals surface area contributed by atoms with Gasteiger partial charge in [-0.3, -0.25) is 4.79 Å². The van der Waals surface area contributed by atoms with Crippen molar-refractivity contribution in [3.05, 3.63) is 0 Å². The van der Waals surface area contributed by atoms with E-state index < -0.39 is 0 Å². The standard InChI is InChI=1S/C15H26N2O/c1-11-3-2-4-12(9-11)17-14(18)13-10-15(13)5-7-16-8-6-15/h11-13,16H,2-10H2,1H3,(H,17,18). The molecule has 0 aromatic heterocycles. The monoisotopic (exact) mass is 250 g/mol. The summed E-state index contributed by atoms with van der Waals surface area (Å²) >= 11 is 0. The lowest BCUT2D eigenvalue weighted by atomic mass is 9.86. The van der Waals surface area contributed by atoms with Gasteiger partial charge in [0.1, 0.15) is 0 Å². The third kappa shape index (κ3) is 2.42. The number of piperidine rings is 1. The fourth-order valence-corrected chi connectivity index (χ4v) is 4.06. The van der Waals surface area contributed by atoms with Crippen molar-refractivity contribution in [3.63, 3.8) is 0 Å². The number of carbonyl (C=O) groups excluding carboxylic acids is 1. The summed E-state index contributed by atoms with van der Waals surface area (Å²) in [6, 6.07) is 0.459. The average molecular weight is 250 g/mol. The topological polar surface area (TPSA) is 41.1 Å². The molecule has 3 atom stereocenters. The molecular weight excluding hydrogens is 224 g/mol. The largest absolute Gasteiger partial charge is 0.353 e. The molecule has 1 aliphatic heterocycles. The SMILES string of the molecule is CC1CCCC(NC(=O)C2CC23CCNCC3)C1. The first-order valence-electron chi connectivity index (χ1n) is 7.71. The van der Waals surface area contributed by atoms with Crippen molar-refractivity contribution < 1.29 is 4.79 Å². The maximum Gasteiger partial charge on any atom is 0.223 e. The number of amides is 1. The fraction of sp³-hybridized carbons (Fsp3) is 0.933. The Morgan fingerprint density at radius 2 is 2.06 bits per heavy atom. The van der Waals surface area contributed by atoms with Gasteiger partial charge < -0.3 is 10.6 Å². The summed E-state index contributed by atoms with van der Waals surface area (Å²) in [5.41, 5.74) is 0.385. The first kappa shape index (κ1) is 12.5. The van der Waals surface area contributed by atoms with Gasteiger partial charge in [-0.15, -0.1) is 0 Å². The van der Waals surface area contributed by atoms with Crippen LogP contribution in [0.1, 0.15) is 51.9 Å². The molecule has 1 spiro atoms. The predicted molar refractivity (Wildman–Crippen MR) is 72.2 cm³/mol. The first-order chi connectivity index (χ1) is 8.70. The zero-order chi connectivity index (χ0) is 12.6. The van der Waals surface area contributed by atoms with Gasteiger partial charge in [0.25, 0.3) is 0 Å². The summed E-state index contributed by atoms with van der Waals surface area (Å²) in [4.78, 5) is 12.3. The van der Waals surface area contributed by atoms with Crippen molar-refractivity contribution in [3.8, 4) is 0 Å². The van der Waals surface area contributed by atoms with Crippen LogP contribution in [0.3, 0.4) is 0 Å². The molecule has 1 amide bonds. The molecule has 3 heteroatoms. The van der Waals surface area contributed by atoms with E-state index in [0.29, 0.717) is 23.3 Å². The van der Waals surface area contributed by atoms with E-state index in [9.17, 15) is 4.79 Å². The average Bonchev–Trinajstić information content (AvgIpc) is 3.04. The maximum absolute atomic E-state index is 12.3. The van der Waals surface area contributed by atoms with Crippen molar-refractivity contribution in [1.82, 2.24) is 10.6 Å². The highest BCUT2D eigenvalue weighted by atomic mass is 16.2. The summed E-state index contributed by atoms with van der Waals surface area (Å²) in [5, 5.41) is 6.72.